The van der Waals surface area contributed by atoms with Gasteiger partial charge < -0.3 is 4.74 Å². The summed E-state index contributed by atoms with van der Waals surface area (Å²) in [5.41, 5.74) is 1.85. The molecule has 0 saturated heterocycles. The summed E-state index contributed by atoms with van der Waals surface area (Å²) in [5.74, 6) is 1.37. The molecule has 2 aliphatic rings. The van der Waals surface area contributed by atoms with Crippen molar-refractivity contribution in [1.82, 2.24) is 9.97 Å². The highest BCUT2D eigenvalue weighted by Crippen LogP contribution is 2.70. The molecule has 0 unspecified atom stereocenters. The molecule has 1 saturated carbocycles. The van der Waals surface area contributed by atoms with Crippen LogP contribution in [0.4, 0.5) is 0 Å². The van der Waals surface area contributed by atoms with Crippen molar-refractivity contribution in [3.8, 4) is 0 Å². The summed E-state index contributed by atoms with van der Waals surface area (Å²) in [4.78, 5) is 14.0. The van der Waals surface area contributed by atoms with Crippen molar-refractivity contribution < 1.29 is 4.74 Å². The maximum Gasteiger partial charge on any atom is 0.191 e. The summed E-state index contributed by atoms with van der Waals surface area (Å²) in [5, 5.41) is 0. The van der Waals surface area contributed by atoms with Crippen LogP contribution in [0.5, 0.6) is 0 Å². The largest absolute Gasteiger partial charge is 0.478 e. The lowest BCUT2D eigenvalue weighted by atomic mass is 10.0. The third-order valence-corrected chi connectivity index (χ3v) is 4.96. The molecule has 0 radical (unpaired) electrons. The third kappa shape index (κ3) is 2.24. The van der Waals surface area contributed by atoms with Gasteiger partial charge in [-0.25, -0.2) is 4.99 Å². The molecule has 4 heteroatoms. The fourth-order valence-electron chi connectivity index (χ4n) is 3.72. The second-order valence-corrected chi connectivity index (χ2v) is 7.27. The Kier molecular flexibility index (Phi) is 3.05. The van der Waals surface area contributed by atoms with E-state index < -0.39 is 0 Å². The first-order valence-electron chi connectivity index (χ1n) is 8.07. The summed E-state index contributed by atoms with van der Waals surface area (Å²) in [6.45, 7) is 7.09. The first kappa shape index (κ1) is 14.4. The molecule has 1 aliphatic heterocycles. The smallest absolute Gasteiger partial charge is 0.191 e. The van der Waals surface area contributed by atoms with Gasteiger partial charge >= 0.3 is 0 Å². The van der Waals surface area contributed by atoms with Crippen molar-refractivity contribution >= 4 is 5.90 Å². The Morgan fingerprint density at radius 3 is 1.87 bits per heavy atom. The number of pyridine rings is 2. The van der Waals surface area contributed by atoms with Crippen molar-refractivity contribution in [2.24, 2.45) is 10.4 Å². The second-order valence-electron chi connectivity index (χ2n) is 7.27. The lowest BCUT2D eigenvalue weighted by molar-refractivity contribution is 0.263. The maximum atomic E-state index is 5.99. The van der Waals surface area contributed by atoms with Crippen molar-refractivity contribution in [1.29, 1.82) is 0 Å². The summed E-state index contributed by atoms with van der Waals surface area (Å²) in [6.07, 6.45) is 3.70. The zero-order chi connectivity index (χ0) is 16.1. The Balaban J connectivity index is 1.77. The molecule has 3 heterocycles. The Labute approximate surface area is 136 Å². The van der Waals surface area contributed by atoms with Crippen molar-refractivity contribution in [2.45, 2.75) is 38.1 Å². The highest BCUT2D eigenvalue weighted by atomic mass is 16.5. The molecule has 4 nitrogen and oxygen atoms in total. The van der Waals surface area contributed by atoms with Gasteiger partial charge in [-0.05, 0) is 45.0 Å². The number of rotatable bonds is 3. The van der Waals surface area contributed by atoms with Gasteiger partial charge in [0.2, 0.25) is 0 Å². The van der Waals surface area contributed by atoms with Crippen LogP contribution in [-0.4, -0.2) is 28.0 Å². The number of hydrogen-bond donors (Lipinski definition) is 0. The topological polar surface area (TPSA) is 47.4 Å². The summed E-state index contributed by atoms with van der Waals surface area (Å²) in [6, 6.07) is 12.2. The number of aromatic nitrogens is 2. The molecule has 118 valence electrons. The quantitative estimate of drug-likeness (QED) is 0.871. The van der Waals surface area contributed by atoms with Gasteiger partial charge in [0.15, 0.2) is 5.90 Å². The van der Waals surface area contributed by atoms with E-state index >= 15 is 0 Å². The van der Waals surface area contributed by atoms with E-state index in [9.17, 15) is 0 Å². The first-order valence-corrected chi connectivity index (χ1v) is 8.07. The van der Waals surface area contributed by atoms with Crippen LogP contribution in [0.3, 0.4) is 0 Å². The van der Waals surface area contributed by atoms with Crippen LogP contribution >= 0.6 is 0 Å². The Morgan fingerprint density at radius 2 is 1.48 bits per heavy atom. The predicted octanol–water partition coefficient (Wildman–Crippen LogP) is 3.57. The average molecular weight is 307 g/mol. The second kappa shape index (κ2) is 4.88. The van der Waals surface area contributed by atoms with Crippen LogP contribution < -0.4 is 0 Å². The molecule has 4 rings (SSSR count). The molecule has 0 spiro atoms. The fourth-order valence-corrected chi connectivity index (χ4v) is 3.72. The molecule has 2 atom stereocenters. The Hall–Kier alpha value is -2.23. The number of nitrogens with zero attached hydrogens (tertiary/aromatic N) is 3. The van der Waals surface area contributed by atoms with Crippen LogP contribution in [0.1, 0.15) is 44.0 Å². The Bertz CT molecular complexity index is 694. The van der Waals surface area contributed by atoms with Crippen LogP contribution in [-0.2, 0) is 4.74 Å². The lowest BCUT2D eigenvalue weighted by Gasteiger charge is -2.11. The Morgan fingerprint density at radius 1 is 0.913 bits per heavy atom. The highest BCUT2D eigenvalue weighted by molar-refractivity contribution is 5.90. The van der Waals surface area contributed by atoms with E-state index in [1.165, 1.54) is 0 Å². The van der Waals surface area contributed by atoms with Gasteiger partial charge in [-0.1, -0.05) is 12.1 Å². The summed E-state index contributed by atoms with van der Waals surface area (Å²) < 4.78 is 5.99. The van der Waals surface area contributed by atoms with Gasteiger partial charge in [0.1, 0.15) is 6.61 Å². The van der Waals surface area contributed by atoms with Gasteiger partial charge in [-0.15, -0.1) is 0 Å². The number of hydrogen-bond acceptors (Lipinski definition) is 4. The van der Waals surface area contributed by atoms with Crippen LogP contribution in [0.25, 0.3) is 0 Å². The molecular formula is C19H21N3O. The van der Waals surface area contributed by atoms with Crippen LogP contribution in [0.2, 0.25) is 0 Å². The predicted molar refractivity (Wildman–Crippen MR) is 89.5 cm³/mol. The van der Waals surface area contributed by atoms with E-state index in [4.69, 9.17) is 9.73 Å². The van der Waals surface area contributed by atoms with E-state index in [1.54, 1.807) is 0 Å². The van der Waals surface area contributed by atoms with E-state index in [1.807, 2.05) is 36.7 Å². The molecule has 0 bridgehead atoms. The normalized spacial score (nSPS) is 31.3. The van der Waals surface area contributed by atoms with E-state index in [0.717, 1.165) is 17.3 Å². The number of ether oxygens (including phenoxy) is 1. The van der Waals surface area contributed by atoms with Gasteiger partial charge in [0.05, 0.1) is 11.0 Å². The van der Waals surface area contributed by atoms with Crippen molar-refractivity contribution in [3.63, 3.8) is 0 Å². The SMILES string of the molecule is CC1(C)COC(C2(C)[C@@H](c3ccccn3)[C@@H]2c2ccccn2)=N1. The van der Waals surface area contributed by atoms with Gasteiger partial charge in [-0.3, -0.25) is 9.97 Å². The molecule has 23 heavy (non-hydrogen) atoms. The van der Waals surface area contributed by atoms with Crippen LogP contribution in [0, 0.1) is 5.41 Å². The van der Waals surface area contributed by atoms with Crippen molar-refractivity contribution in [3.05, 3.63) is 60.2 Å². The minimum absolute atomic E-state index is 0.149. The zero-order valence-corrected chi connectivity index (χ0v) is 13.7. The average Bonchev–Trinajstić information content (AvgIpc) is 3.03. The standard InChI is InChI=1S/C19H21N3O/c1-18(2)12-23-17(22-18)19(3)15(13-8-4-6-10-20-13)16(19)14-9-5-7-11-21-14/h4-11,15-16H,12H2,1-3H3/t15-,16-/m0/s1. The summed E-state index contributed by atoms with van der Waals surface area (Å²) >= 11 is 0. The van der Waals surface area contributed by atoms with Crippen LogP contribution in [0.15, 0.2) is 53.8 Å². The molecule has 2 aromatic heterocycles. The van der Waals surface area contributed by atoms with Gasteiger partial charge in [-0.2, -0.15) is 0 Å². The van der Waals surface area contributed by atoms with E-state index in [-0.39, 0.29) is 22.8 Å². The molecular weight excluding hydrogens is 286 g/mol. The first-order chi connectivity index (χ1) is 11.0. The maximum absolute atomic E-state index is 5.99. The molecule has 0 aromatic carbocycles. The van der Waals surface area contributed by atoms with Gasteiger partial charge in [0, 0.05) is 35.6 Å². The monoisotopic (exact) mass is 307 g/mol. The van der Waals surface area contributed by atoms with E-state index in [2.05, 4.69) is 42.9 Å². The lowest BCUT2D eigenvalue weighted by Crippen LogP contribution is -2.17. The molecule has 1 fully saturated rings. The summed E-state index contributed by atoms with van der Waals surface area (Å²) in [7, 11) is 0. The third-order valence-electron chi connectivity index (χ3n) is 4.96. The molecule has 0 N–H and O–H groups in total. The van der Waals surface area contributed by atoms with E-state index in [0.29, 0.717) is 6.61 Å². The molecule has 1 aliphatic carbocycles. The molecule has 2 aromatic rings. The number of aliphatic imine (C=N–C) groups is 1. The van der Waals surface area contributed by atoms with Crippen molar-refractivity contribution in [2.75, 3.05) is 6.61 Å². The fraction of sp³-hybridized carbons (Fsp3) is 0.421. The molecule has 0 amide bonds. The van der Waals surface area contributed by atoms with Gasteiger partial charge in [0.25, 0.3) is 0 Å². The minimum atomic E-state index is -0.170. The zero-order valence-electron chi connectivity index (χ0n) is 13.7. The minimum Gasteiger partial charge on any atom is -0.478 e. The highest BCUT2D eigenvalue weighted by Gasteiger charge is 2.69.